The molecular weight excluding hydrogens is 648 g/mol. The van der Waals surface area contributed by atoms with E-state index in [4.69, 9.17) is 4.74 Å². The third kappa shape index (κ3) is 3.16. The molecule has 0 aromatic heterocycles. The number of rotatable bonds is 2. The summed E-state index contributed by atoms with van der Waals surface area (Å²) in [6, 6.07) is 21.4. The number of halogens is 4. The molecule has 1 nitrogen and oxygen atoms in total. The summed E-state index contributed by atoms with van der Waals surface area (Å²) in [6.45, 7) is 0. The minimum absolute atomic E-state index is 0.194. The fraction of sp³-hybridized carbons (Fsp3) is 0.0769. The van der Waals surface area contributed by atoms with Crippen LogP contribution in [0.5, 0.6) is 0 Å². The topological polar surface area (TPSA) is 9.23 Å². The Kier molecular flexibility index (Phi) is 5.04. The van der Waals surface area contributed by atoms with Crippen LogP contribution in [-0.4, -0.2) is 0 Å². The zero-order chi connectivity index (χ0) is 21.3. The van der Waals surface area contributed by atoms with E-state index in [0.29, 0.717) is 0 Å². The monoisotopic (exact) mass is 658 g/mol. The van der Waals surface area contributed by atoms with Crippen LogP contribution < -0.4 is 0 Å². The zero-order valence-corrected chi connectivity index (χ0v) is 22.3. The maximum Gasteiger partial charge on any atom is 0.116 e. The third-order valence-corrected chi connectivity index (χ3v) is 8.70. The maximum absolute atomic E-state index is 6.87. The van der Waals surface area contributed by atoms with E-state index in [9.17, 15) is 0 Å². The van der Waals surface area contributed by atoms with Crippen LogP contribution in [0, 0.1) is 0 Å². The molecule has 2 unspecified atom stereocenters. The molecule has 2 aliphatic rings. The summed E-state index contributed by atoms with van der Waals surface area (Å²) >= 11 is 15.1. The number of hydrogen-bond donors (Lipinski definition) is 0. The number of benzene rings is 4. The molecule has 31 heavy (non-hydrogen) atoms. The third-order valence-electron chi connectivity index (χ3n) is 6.03. The zero-order valence-electron chi connectivity index (χ0n) is 16.0. The van der Waals surface area contributed by atoms with Crippen molar-refractivity contribution in [2.24, 2.45) is 0 Å². The highest BCUT2D eigenvalue weighted by Crippen LogP contribution is 2.50. The molecule has 2 atom stereocenters. The summed E-state index contributed by atoms with van der Waals surface area (Å²) in [4.78, 5) is 0. The van der Waals surface area contributed by atoms with Gasteiger partial charge in [-0.25, -0.2) is 0 Å². The van der Waals surface area contributed by atoms with Crippen LogP contribution >= 0.6 is 63.7 Å². The van der Waals surface area contributed by atoms with Crippen LogP contribution in [0.1, 0.15) is 34.5 Å². The van der Waals surface area contributed by atoms with Crippen molar-refractivity contribution in [3.05, 3.63) is 101 Å². The fourth-order valence-electron chi connectivity index (χ4n) is 4.69. The van der Waals surface area contributed by atoms with Crippen molar-refractivity contribution in [2.75, 3.05) is 0 Å². The molecule has 4 aromatic carbocycles. The first-order valence-electron chi connectivity index (χ1n) is 9.85. The Bertz CT molecular complexity index is 1360. The van der Waals surface area contributed by atoms with Crippen LogP contribution in [-0.2, 0) is 4.74 Å². The molecule has 0 bridgehead atoms. The van der Waals surface area contributed by atoms with Crippen LogP contribution in [0.25, 0.3) is 33.7 Å². The van der Waals surface area contributed by atoms with Crippen molar-refractivity contribution in [3.63, 3.8) is 0 Å². The molecule has 0 saturated carbocycles. The molecule has 4 aromatic rings. The molecule has 0 radical (unpaired) electrons. The van der Waals surface area contributed by atoms with E-state index in [0.717, 1.165) is 17.9 Å². The summed E-state index contributed by atoms with van der Waals surface area (Å²) in [6.07, 6.45) is 3.97. The maximum atomic E-state index is 6.87. The molecule has 0 spiro atoms. The van der Waals surface area contributed by atoms with Crippen LogP contribution in [0.2, 0.25) is 0 Å². The quantitative estimate of drug-likeness (QED) is 0.208. The second kappa shape index (κ2) is 7.67. The lowest BCUT2D eigenvalue weighted by molar-refractivity contribution is 0.0384. The average molecular weight is 662 g/mol. The lowest BCUT2D eigenvalue weighted by atomic mass is 9.89. The van der Waals surface area contributed by atoms with Gasteiger partial charge in [-0.2, -0.15) is 0 Å². The second-order valence-electron chi connectivity index (χ2n) is 7.77. The highest BCUT2D eigenvalue weighted by atomic mass is 79.9. The Labute approximate surface area is 213 Å². The van der Waals surface area contributed by atoms with Gasteiger partial charge in [0.15, 0.2) is 0 Å². The Morgan fingerprint density at radius 2 is 1.00 bits per heavy atom. The molecular formula is C26H14Br4O. The Hall–Kier alpha value is -1.24. The first-order chi connectivity index (χ1) is 15.0. The summed E-state index contributed by atoms with van der Waals surface area (Å²) in [5.41, 5.74) is 4.76. The van der Waals surface area contributed by atoms with Gasteiger partial charge >= 0.3 is 0 Å². The van der Waals surface area contributed by atoms with Crippen molar-refractivity contribution in [2.45, 2.75) is 12.2 Å². The molecule has 0 amide bonds. The van der Waals surface area contributed by atoms with E-state index in [-0.39, 0.29) is 12.2 Å². The molecule has 6 rings (SSSR count). The van der Waals surface area contributed by atoms with Gasteiger partial charge in [-0.05, 0) is 68.1 Å². The molecule has 0 fully saturated rings. The highest BCUT2D eigenvalue weighted by Gasteiger charge is 2.31. The summed E-state index contributed by atoms with van der Waals surface area (Å²) < 4.78 is 11.1. The van der Waals surface area contributed by atoms with Crippen LogP contribution in [0.4, 0.5) is 0 Å². The van der Waals surface area contributed by atoms with Gasteiger partial charge in [0, 0.05) is 17.9 Å². The van der Waals surface area contributed by atoms with Crippen molar-refractivity contribution < 1.29 is 4.74 Å². The van der Waals surface area contributed by atoms with Gasteiger partial charge in [-0.1, -0.05) is 112 Å². The van der Waals surface area contributed by atoms with E-state index < -0.39 is 0 Å². The molecule has 2 aliphatic carbocycles. The van der Waals surface area contributed by atoms with E-state index in [1.165, 1.54) is 43.8 Å². The van der Waals surface area contributed by atoms with Crippen molar-refractivity contribution in [1.82, 2.24) is 0 Å². The predicted molar refractivity (Wildman–Crippen MR) is 144 cm³/mol. The summed E-state index contributed by atoms with van der Waals surface area (Å²) in [5.74, 6) is 0. The molecule has 152 valence electrons. The van der Waals surface area contributed by atoms with Gasteiger partial charge in [0.1, 0.15) is 12.2 Å². The van der Waals surface area contributed by atoms with E-state index in [2.05, 4.69) is 137 Å². The van der Waals surface area contributed by atoms with Crippen molar-refractivity contribution in [1.29, 1.82) is 0 Å². The van der Waals surface area contributed by atoms with Gasteiger partial charge < -0.3 is 4.74 Å². The first kappa shape index (κ1) is 20.4. The first-order valence-corrected chi connectivity index (χ1v) is 13.0. The second-order valence-corrected chi connectivity index (χ2v) is 11.3. The van der Waals surface area contributed by atoms with E-state index >= 15 is 0 Å². The lowest BCUT2D eigenvalue weighted by Gasteiger charge is -2.31. The van der Waals surface area contributed by atoms with Gasteiger partial charge in [0.2, 0.25) is 0 Å². The van der Waals surface area contributed by atoms with Gasteiger partial charge in [-0.15, -0.1) is 0 Å². The normalized spacial score (nSPS) is 19.5. The number of hydrogen-bond acceptors (Lipinski definition) is 1. The number of ether oxygens (including phenoxy) is 1. The van der Waals surface area contributed by atoms with Gasteiger partial charge in [0.25, 0.3) is 0 Å². The minimum atomic E-state index is -0.194. The molecule has 0 N–H and O–H groups in total. The molecule has 5 heteroatoms. The van der Waals surface area contributed by atoms with Gasteiger partial charge in [-0.3, -0.25) is 0 Å². The van der Waals surface area contributed by atoms with Crippen LogP contribution in [0.3, 0.4) is 0 Å². The Balaban J connectivity index is 1.52. The van der Waals surface area contributed by atoms with Crippen LogP contribution in [0.15, 0.2) is 78.6 Å². The molecule has 0 heterocycles. The molecule has 0 saturated heterocycles. The van der Waals surface area contributed by atoms with E-state index in [1.807, 2.05) is 0 Å². The highest BCUT2D eigenvalue weighted by molar-refractivity contribution is 9.12. The predicted octanol–water partition coefficient (Wildman–Crippen LogP) is 9.82. The Morgan fingerprint density at radius 1 is 0.548 bits per heavy atom. The lowest BCUT2D eigenvalue weighted by Crippen LogP contribution is -2.15. The Morgan fingerprint density at radius 3 is 1.45 bits per heavy atom. The smallest absolute Gasteiger partial charge is 0.116 e. The standard InChI is InChI=1S/C26H14Br4O/c27-19-9-7-13-11-21(29)25(17-5-1-3-15(19)23(13)17)31-26-18-6-2-4-16-20(28)10-8-14(24(16)18)12-22(26)30/h1-12,25-26H. The van der Waals surface area contributed by atoms with Gasteiger partial charge in [0.05, 0.1) is 0 Å². The van der Waals surface area contributed by atoms with E-state index in [1.54, 1.807) is 0 Å². The minimum Gasteiger partial charge on any atom is -0.355 e. The van der Waals surface area contributed by atoms with Crippen molar-refractivity contribution >= 4 is 97.4 Å². The summed E-state index contributed by atoms with van der Waals surface area (Å²) in [7, 11) is 0. The SMILES string of the molecule is BrC1=Cc2ccc(Br)c3cccc(c23)C1OC1C(Br)=Cc2ccc(Br)c3cccc1c23. The summed E-state index contributed by atoms with van der Waals surface area (Å²) in [5, 5.41) is 4.88. The fourth-order valence-corrected chi connectivity index (χ4v) is 6.82. The van der Waals surface area contributed by atoms with Crippen molar-refractivity contribution in [3.8, 4) is 0 Å². The average Bonchev–Trinajstić information content (AvgIpc) is 2.77. The molecule has 0 aliphatic heterocycles. The largest absolute Gasteiger partial charge is 0.355 e.